The molecule has 4 fully saturated rings. The first-order valence-corrected chi connectivity index (χ1v) is 9.44. The standard InChI is InChI=1S/C19H32N2O/c1-18-9-7-13(22)11-12(18)3-4-14-15-5-6-17(21-20)19(15,2)10-8-16(14)18/h12-16,22H,3-11,20H2,1-2H3/b21-17-/t12-,13-,14-,15-,16-,18-,19-/m0/s1. The van der Waals surface area contributed by atoms with Gasteiger partial charge in [-0.05, 0) is 86.9 Å². The second-order valence-corrected chi connectivity index (χ2v) is 9.16. The van der Waals surface area contributed by atoms with Crippen LogP contribution >= 0.6 is 0 Å². The number of hydrogen-bond donors (Lipinski definition) is 2. The van der Waals surface area contributed by atoms with E-state index in [0.717, 1.165) is 42.9 Å². The molecule has 0 bridgehead atoms. The van der Waals surface area contributed by atoms with Gasteiger partial charge in [-0.25, -0.2) is 0 Å². The Morgan fingerprint density at radius 3 is 2.64 bits per heavy atom. The normalized spacial score (nSPS) is 56.3. The van der Waals surface area contributed by atoms with Crippen LogP contribution in [-0.2, 0) is 0 Å². The summed E-state index contributed by atoms with van der Waals surface area (Å²) >= 11 is 0. The van der Waals surface area contributed by atoms with Gasteiger partial charge < -0.3 is 10.9 Å². The summed E-state index contributed by atoms with van der Waals surface area (Å²) in [5.74, 6) is 9.00. The second kappa shape index (κ2) is 4.96. The van der Waals surface area contributed by atoms with E-state index in [4.69, 9.17) is 5.84 Å². The summed E-state index contributed by atoms with van der Waals surface area (Å²) in [5.41, 5.74) is 2.06. The van der Waals surface area contributed by atoms with Gasteiger partial charge in [0.1, 0.15) is 0 Å². The van der Waals surface area contributed by atoms with Crippen molar-refractivity contribution >= 4 is 5.71 Å². The fraction of sp³-hybridized carbons (Fsp3) is 0.947. The zero-order valence-corrected chi connectivity index (χ0v) is 14.2. The molecule has 4 aliphatic rings. The smallest absolute Gasteiger partial charge is 0.0543 e. The zero-order chi connectivity index (χ0) is 15.5. The molecular formula is C19H32N2O. The number of nitrogens with zero attached hydrogens (tertiary/aromatic N) is 1. The molecule has 4 rings (SSSR count). The lowest BCUT2D eigenvalue weighted by Gasteiger charge is -2.60. The van der Waals surface area contributed by atoms with Crippen LogP contribution in [0, 0.1) is 34.5 Å². The highest BCUT2D eigenvalue weighted by molar-refractivity contribution is 5.92. The Kier molecular flexibility index (Phi) is 3.38. The molecule has 0 aromatic carbocycles. The molecule has 0 aliphatic heterocycles. The molecule has 0 aromatic rings. The number of hydrazone groups is 1. The van der Waals surface area contributed by atoms with Crippen LogP contribution in [0.2, 0.25) is 0 Å². The monoisotopic (exact) mass is 304 g/mol. The first kappa shape index (κ1) is 15.0. The predicted molar refractivity (Wildman–Crippen MR) is 89.4 cm³/mol. The van der Waals surface area contributed by atoms with Crippen molar-refractivity contribution < 1.29 is 5.11 Å². The van der Waals surface area contributed by atoms with Crippen LogP contribution in [0.5, 0.6) is 0 Å². The van der Waals surface area contributed by atoms with Crippen molar-refractivity contribution in [3.8, 4) is 0 Å². The highest BCUT2D eigenvalue weighted by Crippen LogP contribution is 2.65. The molecule has 3 nitrogen and oxygen atoms in total. The molecule has 4 saturated carbocycles. The Labute approximate surface area is 134 Å². The minimum atomic E-state index is -0.0362. The average molecular weight is 304 g/mol. The number of fused-ring (bicyclic) bond motifs is 5. The van der Waals surface area contributed by atoms with Crippen LogP contribution in [0.25, 0.3) is 0 Å². The summed E-state index contributed by atoms with van der Waals surface area (Å²) in [6, 6.07) is 0. The van der Waals surface area contributed by atoms with Gasteiger partial charge in [0.2, 0.25) is 0 Å². The molecule has 0 radical (unpaired) electrons. The van der Waals surface area contributed by atoms with Gasteiger partial charge in [0.25, 0.3) is 0 Å². The van der Waals surface area contributed by atoms with E-state index in [2.05, 4.69) is 18.9 Å². The molecular weight excluding hydrogens is 272 g/mol. The van der Waals surface area contributed by atoms with E-state index < -0.39 is 0 Å². The minimum absolute atomic E-state index is 0.0362. The van der Waals surface area contributed by atoms with Crippen molar-refractivity contribution in [3.05, 3.63) is 0 Å². The first-order valence-electron chi connectivity index (χ1n) is 9.44. The highest BCUT2D eigenvalue weighted by Gasteiger charge is 2.59. The fourth-order valence-electron chi connectivity index (χ4n) is 7.24. The quantitative estimate of drug-likeness (QED) is 0.529. The van der Waals surface area contributed by atoms with Crippen LogP contribution in [0.1, 0.15) is 71.6 Å². The maximum Gasteiger partial charge on any atom is 0.0543 e. The average Bonchev–Trinajstić information content (AvgIpc) is 2.84. The third-order valence-corrected chi connectivity index (χ3v) is 8.53. The lowest BCUT2D eigenvalue weighted by Crippen LogP contribution is -2.54. The summed E-state index contributed by atoms with van der Waals surface area (Å²) in [6.07, 6.45) is 11.0. The van der Waals surface area contributed by atoms with Crippen molar-refractivity contribution in [2.75, 3.05) is 0 Å². The van der Waals surface area contributed by atoms with Crippen molar-refractivity contribution in [2.24, 2.45) is 45.4 Å². The molecule has 4 aliphatic carbocycles. The van der Waals surface area contributed by atoms with Gasteiger partial charge in [0.15, 0.2) is 0 Å². The number of aliphatic hydroxyl groups excluding tert-OH is 1. The van der Waals surface area contributed by atoms with Crippen molar-refractivity contribution in [1.82, 2.24) is 0 Å². The van der Waals surface area contributed by atoms with Crippen molar-refractivity contribution in [3.63, 3.8) is 0 Å². The van der Waals surface area contributed by atoms with Crippen molar-refractivity contribution in [2.45, 2.75) is 77.7 Å². The molecule has 0 amide bonds. The molecule has 7 atom stereocenters. The zero-order valence-electron chi connectivity index (χ0n) is 14.2. The molecule has 0 aromatic heterocycles. The summed E-state index contributed by atoms with van der Waals surface area (Å²) in [6.45, 7) is 4.99. The molecule has 0 spiro atoms. The van der Waals surface area contributed by atoms with Crippen LogP contribution in [0.4, 0.5) is 0 Å². The van der Waals surface area contributed by atoms with Crippen molar-refractivity contribution in [1.29, 1.82) is 0 Å². The van der Waals surface area contributed by atoms with Gasteiger partial charge in [-0.15, -0.1) is 0 Å². The highest BCUT2D eigenvalue weighted by atomic mass is 16.3. The largest absolute Gasteiger partial charge is 0.393 e. The van der Waals surface area contributed by atoms with E-state index in [1.54, 1.807) is 0 Å². The van der Waals surface area contributed by atoms with Gasteiger partial charge in [-0.3, -0.25) is 0 Å². The van der Waals surface area contributed by atoms with Gasteiger partial charge >= 0.3 is 0 Å². The maximum atomic E-state index is 10.1. The second-order valence-electron chi connectivity index (χ2n) is 9.16. The Hall–Kier alpha value is -0.570. The molecule has 3 heteroatoms. The number of aliphatic hydroxyl groups is 1. The van der Waals surface area contributed by atoms with Gasteiger partial charge in [0, 0.05) is 11.1 Å². The first-order chi connectivity index (χ1) is 10.5. The van der Waals surface area contributed by atoms with Crippen LogP contribution < -0.4 is 5.84 Å². The lowest BCUT2D eigenvalue weighted by atomic mass is 9.45. The van der Waals surface area contributed by atoms with E-state index in [9.17, 15) is 5.11 Å². The van der Waals surface area contributed by atoms with E-state index in [-0.39, 0.29) is 11.5 Å². The summed E-state index contributed by atoms with van der Waals surface area (Å²) < 4.78 is 0. The third-order valence-electron chi connectivity index (χ3n) is 8.53. The van der Waals surface area contributed by atoms with Crippen LogP contribution in [0.3, 0.4) is 0 Å². The lowest BCUT2D eigenvalue weighted by molar-refractivity contribution is -0.113. The summed E-state index contributed by atoms with van der Waals surface area (Å²) in [5, 5.41) is 14.3. The van der Waals surface area contributed by atoms with Crippen LogP contribution in [0.15, 0.2) is 5.10 Å². The molecule has 3 N–H and O–H groups in total. The Morgan fingerprint density at radius 1 is 1.05 bits per heavy atom. The maximum absolute atomic E-state index is 10.1. The number of nitrogens with two attached hydrogens (primary N) is 1. The predicted octanol–water partition coefficient (Wildman–Crippen LogP) is 3.70. The number of rotatable bonds is 0. The van der Waals surface area contributed by atoms with E-state index >= 15 is 0 Å². The Balaban J connectivity index is 1.63. The molecule has 0 saturated heterocycles. The Bertz CT molecular complexity index is 490. The molecule has 0 unspecified atom stereocenters. The van der Waals surface area contributed by atoms with Gasteiger partial charge in [-0.2, -0.15) is 5.10 Å². The summed E-state index contributed by atoms with van der Waals surface area (Å²) in [7, 11) is 0. The SMILES string of the molecule is C[C@]12CC[C@H](O)C[C@@H]1CC[C@@H]1[C@@H]2CC[C@]2(C)/C(=N\N)CC[C@@H]12. The fourth-order valence-corrected chi connectivity index (χ4v) is 7.24. The van der Waals surface area contributed by atoms with E-state index in [0.29, 0.717) is 5.41 Å². The molecule has 22 heavy (non-hydrogen) atoms. The Morgan fingerprint density at radius 2 is 1.86 bits per heavy atom. The topological polar surface area (TPSA) is 58.6 Å². The van der Waals surface area contributed by atoms with Crippen LogP contribution in [-0.4, -0.2) is 16.9 Å². The minimum Gasteiger partial charge on any atom is -0.393 e. The molecule has 124 valence electrons. The molecule has 0 heterocycles. The van der Waals surface area contributed by atoms with Gasteiger partial charge in [0.05, 0.1) is 6.10 Å². The van der Waals surface area contributed by atoms with Gasteiger partial charge in [-0.1, -0.05) is 13.8 Å². The third kappa shape index (κ3) is 1.87. The summed E-state index contributed by atoms with van der Waals surface area (Å²) in [4.78, 5) is 0. The number of hydrogen-bond acceptors (Lipinski definition) is 3. The van der Waals surface area contributed by atoms with E-state index in [1.807, 2.05) is 0 Å². The van der Waals surface area contributed by atoms with E-state index in [1.165, 1.54) is 44.2 Å².